The molecule has 24 nitrogen and oxygen atoms in total. The second-order valence-corrected chi connectivity index (χ2v) is 18.8. The number of sulfonamides is 1. The van der Waals surface area contributed by atoms with Crippen LogP contribution in [0.1, 0.15) is 160 Å². The van der Waals surface area contributed by atoms with E-state index >= 15 is 0 Å². The minimum Gasteiger partial charge on any atom is -0.480 e. The van der Waals surface area contributed by atoms with Gasteiger partial charge in [0.15, 0.2) is 5.82 Å². The number of amides is 5. The zero-order valence-corrected chi connectivity index (χ0v) is 41.8. The Balaban J connectivity index is 2.11. The van der Waals surface area contributed by atoms with Crippen LogP contribution in [-0.4, -0.2) is 157 Å². The summed E-state index contributed by atoms with van der Waals surface area (Å²) in [6, 6.07) is -2.89. The summed E-state index contributed by atoms with van der Waals surface area (Å²) in [5.74, 6) is -5.40. The molecule has 0 saturated heterocycles. The molecule has 1 aromatic heterocycles. The number of carboxylic acid groups (broad SMARTS) is 2. The fourth-order valence-electron chi connectivity index (χ4n) is 6.77. The van der Waals surface area contributed by atoms with Gasteiger partial charge in [-0.25, -0.2) is 18.0 Å². The van der Waals surface area contributed by atoms with E-state index in [0.717, 1.165) is 44.3 Å². The van der Waals surface area contributed by atoms with Crippen molar-refractivity contribution in [2.24, 2.45) is 0 Å². The number of hydrogen-bond acceptors (Lipinski definition) is 16. The van der Waals surface area contributed by atoms with Gasteiger partial charge in [0, 0.05) is 58.0 Å². The largest absolute Gasteiger partial charge is 0.480 e. The van der Waals surface area contributed by atoms with Crippen molar-refractivity contribution in [2.45, 2.75) is 173 Å². The summed E-state index contributed by atoms with van der Waals surface area (Å²) in [5, 5.41) is 42.7. The molecule has 1 aromatic rings. The third-order valence-corrected chi connectivity index (χ3v) is 12.0. The second-order valence-electron chi connectivity index (χ2n) is 17.0. The predicted molar refractivity (Wildman–Crippen MR) is 254 cm³/mol. The number of unbranched alkanes of at least 4 members (excludes halogenated alkanes) is 12. The van der Waals surface area contributed by atoms with Crippen molar-refractivity contribution >= 4 is 57.3 Å². The van der Waals surface area contributed by atoms with Gasteiger partial charge in [-0.15, -0.1) is 10.2 Å². The van der Waals surface area contributed by atoms with E-state index in [1.807, 2.05) is 0 Å². The second kappa shape index (κ2) is 40.6. The number of aryl methyl sites for hydroxylation is 1. The van der Waals surface area contributed by atoms with Crippen LogP contribution in [-0.2, 0) is 69.0 Å². The first-order valence-corrected chi connectivity index (χ1v) is 26.3. The van der Waals surface area contributed by atoms with Gasteiger partial charge < -0.3 is 45.7 Å². The molecule has 0 aromatic carbocycles. The molecule has 8 N–H and O–H groups in total. The van der Waals surface area contributed by atoms with Gasteiger partial charge in [0.25, 0.3) is 0 Å². The molecule has 0 spiro atoms. The van der Waals surface area contributed by atoms with Gasteiger partial charge in [0.1, 0.15) is 17.9 Å². The number of aromatic amines is 1. The molecule has 400 valence electrons. The minimum absolute atomic E-state index is 0.0358. The average Bonchev–Trinajstić information content (AvgIpc) is 3.82. The summed E-state index contributed by atoms with van der Waals surface area (Å²) in [6.45, 7) is 3.45. The molecule has 5 amide bonds. The van der Waals surface area contributed by atoms with E-state index in [9.17, 15) is 57.0 Å². The first kappa shape index (κ1) is 62.9. The van der Waals surface area contributed by atoms with Crippen molar-refractivity contribution in [2.75, 3.05) is 58.5 Å². The molecule has 0 fully saturated rings. The van der Waals surface area contributed by atoms with E-state index in [2.05, 4.69) is 46.6 Å². The topological polar surface area (TPSA) is 353 Å². The maximum atomic E-state index is 12.5. The molecular formula is C45H79N9O15S. The first-order valence-electron chi connectivity index (χ1n) is 24.6. The molecule has 0 aliphatic rings. The van der Waals surface area contributed by atoms with Gasteiger partial charge >= 0.3 is 11.9 Å². The van der Waals surface area contributed by atoms with Crippen LogP contribution in [0.5, 0.6) is 0 Å². The number of nitrogens with zero attached hydrogens (tertiary/aromatic N) is 3. The summed E-state index contributed by atoms with van der Waals surface area (Å²) in [5.41, 5.74) is 0. The summed E-state index contributed by atoms with van der Waals surface area (Å²) in [7, 11) is -3.91. The van der Waals surface area contributed by atoms with E-state index in [0.29, 0.717) is 39.3 Å². The number of ketones is 1. The van der Waals surface area contributed by atoms with Gasteiger partial charge in [0.05, 0.1) is 45.4 Å². The van der Waals surface area contributed by atoms with Crippen LogP contribution in [0.15, 0.2) is 0 Å². The lowest BCUT2D eigenvalue weighted by Gasteiger charge is -2.17. The number of ether oxygens (including phenoxy) is 3. The lowest BCUT2D eigenvalue weighted by Crippen LogP contribution is -2.44. The highest BCUT2D eigenvalue weighted by Crippen LogP contribution is 2.14. The molecule has 1 heterocycles. The van der Waals surface area contributed by atoms with Crippen molar-refractivity contribution in [3.05, 3.63) is 5.82 Å². The maximum Gasteiger partial charge on any atom is 0.326 e. The maximum absolute atomic E-state index is 12.5. The van der Waals surface area contributed by atoms with E-state index in [1.165, 1.54) is 51.9 Å². The molecule has 2 unspecified atom stereocenters. The normalized spacial score (nSPS) is 12.1. The van der Waals surface area contributed by atoms with Crippen LogP contribution in [0.4, 0.5) is 0 Å². The zero-order chi connectivity index (χ0) is 51.7. The molecule has 70 heavy (non-hydrogen) atoms. The van der Waals surface area contributed by atoms with Gasteiger partial charge in [-0.1, -0.05) is 75.8 Å². The molecule has 25 heteroatoms. The summed E-state index contributed by atoms with van der Waals surface area (Å²) >= 11 is 0. The van der Waals surface area contributed by atoms with Gasteiger partial charge in [-0.2, -0.15) is 5.21 Å². The Kier molecular flexibility index (Phi) is 36.4. The molecule has 2 atom stereocenters. The van der Waals surface area contributed by atoms with Crippen molar-refractivity contribution in [1.29, 1.82) is 0 Å². The van der Waals surface area contributed by atoms with Crippen molar-refractivity contribution in [3.63, 3.8) is 0 Å². The molecular weight excluding hydrogens is 939 g/mol. The Morgan fingerprint density at radius 1 is 0.529 bits per heavy atom. The number of H-pyrrole nitrogens is 1. The van der Waals surface area contributed by atoms with Crippen molar-refractivity contribution in [3.8, 4) is 0 Å². The summed E-state index contributed by atoms with van der Waals surface area (Å²) in [4.78, 5) is 95.9. The number of aliphatic carboxylic acids is 2. The van der Waals surface area contributed by atoms with E-state index in [1.54, 1.807) is 0 Å². The van der Waals surface area contributed by atoms with Crippen LogP contribution in [0, 0.1) is 0 Å². The minimum atomic E-state index is -3.91. The number of tetrazole rings is 1. The lowest BCUT2D eigenvalue weighted by atomic mass is 10.0. The third kappa shape index (κ3) is 37.7. The number of Topliss-reactive ketones (excluding diaryl/α,β-unsaturated/α-hetero) is 1. The van der Waals surface area contributed by atoms with Crippen LogP contribution >= 0.6 is 0 Å². The number of carbonyl (C=O) groups excluding carboxylic acids is 6. The van der Waals surface area contributed by atoms with E-state index in [-0.39, 0.29) is 83.5 Å². The fraction of sp³-hybridized carbons (Fsp3) is 0.800. The molecule has 1 rings (SSSR count). The summed E-state index contributed by atoms with van der Waals surface area (Å²) < 4.78 is 42.7. The number of rotatable bonds is 47. The van der Waals surface area contributed by atoms with Crippen molar-refractivity contribution < 1.29 is 71.2 Å². The van der Waals surface area contributed by atoms with Crippen LogP contribution in [0.3, 0.4) is 0 Å². The number of carbonyl (C=O) groups is 8. The van der Waals surface area contributed by atoms with Crippen LogP contribution in [0.25, 0.3) is 0 Å². The van der Waals surface area contributed by atoms with Gasteiger partial charge in [-0.3, -0.25) is 33.5 Å². The Labute approximate surface area is 411 Å². The molecule has 0 aliphatic heterocycles. The highest BCUT2D eigenvalue weighted by atomic mass is 32.2. The van der Waals surface area contributed by atoms with E-state index < -0.39 is 75.8 Å². The molecule has 0 saturated carbocycles. The highest BCUT2D eigenvalue weighted by Gasteiger charge is 2.25. The molecule has 0 bridgehead atoms. The van der Waals surface area contributed by atoms with Gasteiger partial charge in [-0.05, 0) is 45.4 Å². The monoisotopic (exact) mass is 1020 g/mol. The Hall–Kier alpha value is -5.14. The average molecular weight is 1020 g/mol. The Bertz CT molecular complexity index is 1770. The van der Waals surface area contributed by atoms with Gasteiger partial charge in [0.2, 0.25) is 39.6 Å². The van der Waals surface area contributed by atoms with E-state index in [4.69, 9.17) is 14.2 Å². The predicted octanol–water partition coefficient (Wildman–Crippen LogP) is 2.17. The Morgan fingerprint density at radius 2 is 0.986 bits per heavy atom. The van der Waals surface area contributed by atoms with Crippen LogP contribution in [0.2, 0.25) is 0 Å². The summed E-state index contributed by atoms with van der Waals surface area (Å²) in [6.07, 6.45) is 14.0. The SMILES string of the molecule is CC(=O)CCOCCOCCOCCNC(=O)CCC(NC(=O)CCC(NC(=O)CCCNC(=O)CCCS(=O)(=O)NC(=O)CCCCCCCCCCCCCCCc1nn[nH]n1)C(=O)O)C(=O)O. The quantitative estimate of drug-likeness (QED) is 0.0434. The number of aromatic nitrogens is 4. The van der Waals surface area contributed by atoms with Crippen LogP contribution < -0.4 is 26.0 Å². The third-order valence-electron chi connectivity index (χ3n) is 10.7. The highest BCUT2D eigenvalue weighted by molar-refractivity contribution is 7.90. The Morgan fingerprint density at radius 3 is 1.53 bits per heavy atom. The number of hydrogen-bond donors (Lipinski definition) is 8. The lowest BCUT2D eigenvalue weighted by molar-refractivity contribution is -0.143. The standard InChI is InChI=1S/C45H79N9O15S/c1-35(55)25-28-67-30-32-69-33-31-68-29-27-47-40(57)23-21-36(44(61)62)49-42(59)24-22-37(45(63)64)48-41(58)19-15-26-46-39(56)20-16-34-70(65,66)52-43(60)18-14-12-10-8-6-4-2-3-5-7-9-11-13-17-38-50-53-54-51-38/h36-37H,2-34H2,1H3,(H,46,56)(H,47,57)(H,48,58)(H,49,59)(H,52,60)(H,61,62)(H,63,64)(H,50,51,53,54). The number of nitrogens with one attached hydrogen (secondary N) is 6. The number of carboxylic acids is 2. The fourth-order valence-corrected chi connectivity index (χ4v) is 7.85. The first-order chi connectivity index (χ1) is 33.6. The molecule has 0 radical (unpaired) electrons. The smallest absolute Gasteiger partial charge is 0.326 e. The molecule has 0 aliphatic carbocycles. The van der Waals surface area contributed by atoms with Crippen molar-refractivity contribution in [1.82, 2.24) is 46.6 Å². The zero-order valence-electron chi connectivity index (χ0n) is 40.9.